The Labute approximate surface area is 121 Å². The van der Waals surface area contributed by atoms with Gasteiger partial charge >= 0.3 is 6.18 Å². The molecule has 0 aromatic carbocycles. The fourth-order valence-corrected chi connectivity index (χ4v) is 2.63. The van der Waals surface area contributed by atoms with Crippen LogP contribution in [0.4, 0.5) is 13.2 Å². The van der Waals surface area contributed by atoms with E-state index in [0.717, 1.165) is 32.6 Å². The first kappa shape index (κ1) is 16.2. The molecule has 1 aromatic rings. The van der Waals surface area contributed by atoms with Gasteiger partial charge in [-0.15, -0.1) is 0 Å². The summed E-state index contributed by atoms with van der Waals surface area (Å²) in [5.74, 6) is -0.299. The molecule has 8 heteroatoms. The number of ether oxygens (including phenoxy) is 1. The van der Waals surface area contributed by atoms with Gasteiger partial charge in [-0.25, -0.2) is 0 Å². The first-order valence-corrected chi connectivity index (χ1v) is 7.00. The number of methoxy groups -OCH3 is 1. The van der Waals surface area contributed by atoms with Gasteiger partial charge < -0.3 is 15.0 Å². The minimum absolute atomic E-state index is 0.139. The van der Waals surface area contributed by atoms with E-state index in [4.69, 9.17) is 15.0 Å². The molecule has 2 rings (SSSR count). The van der Waals surface area contributed by atoms with E-state index in [2.05, 4.69) is 10.1 Å². The maximum Gasteiger partial charge on any atom is 0.415 e. The summed E-state index contributed by atoms with van der Waals surface area (Å²) in [6.45, 7) is 0.812. The Morgan fingerprint density at radius 2 is 1.90 bits per heavy atom. The molecular weight excluding hydrogens is 287 g/mol. The van der Waals surface area contributed by atoms with Crippen molar-refractivity contribution in [1.29, 1.82) is 0 Å². The highest BCUT2D eigenvalue weighted by Gasteiger charge is 2.54. The van der Waals surface area contributed by atoms with E-state index in [-0.39, 0.29) is 11.7 Å². The highest BCUT2D eigenvalue weighted by Crippen LogP contribution is 2.38. The van der Waals surface area contributed by atoms with Crippen molar-refractivity contribution >= 4 is 0 Å². The Hall–Kier alpha value is -1.15. The highest BCUT2D eigenvalue weighted by molar-refractivity contribution is 5.06. The van der Waals surface area contributed by atoms with Crippen molar-refractivity contribution in [3.63, 3.8) is 0 Å². The van der Waals surface area contributed by atoms with Gasteiger partial charge in [-0.1, -0.05) is 24.4 Å². The van der Waals surface area contributed by atoms with Gasteiger partial charge in [0.2, 0.25) is 5.82 Å². The van der Waals surface area contributed by atoms with E-state index >= 15 is 0 Å². The number of hydrogen-bond acceptors (Lipinski definition) is 5. The molecule has 5 nitrogen and oxygen atoms in total. The van der Waals surface area contributed by atoms with Crippen molar-refractivity contribution in [3.05, 3.63) is 11.7 Å². The van der Waals surface area contributed by atoms with Gasteiger partial charge in [-0.3, -0.25) is 0 Å². The van der Waals surface area contributed by atoms with Crippen LogP contribution in [0.15, 0.2) is 4.52 Å². The van der Waals surface area contributed by atoms with E-state index in [1.807, 2.05) is 0 Å². The van der Waals surface area contributed by atoms with Gasteiger partial charge in [0.25, 0.3) is 5.89 Å². The van der Waals surface area contributed by atoms with Crippen LogP contribution in [0.1, 0.15) is 56.8 Å². The number of alkyl halides is 3. The number of nitrogens with two attached hydrogens (primary N) is 1. The largest absolute Gasteiger partial charge is 0.415 e. The van der Waals surface area contributed by atoms with E-state index < -0.39 is 23.7 Å². The second-order valence-corrected chi connectivity index (χ2v) is 5.71. The van der Waals surface area contributed by atoms with Crippen LogP contribution in [0.25, 0.3) is 0 Å². The zero-order chi connectivity index (χ0) is 15.7. The van der Waals surface area contributed by atoms with Gasteiger partial charge in [-0.2, -0.15) is 18.2 Å². The van der Waals surface area contributed by atoms with Crippen LogP contribution < -0.4 is 5.73 Å². The normalized spacial score (nSPS) is 22.0. The molecule has 2 atom stereocenters. The number of rotatable bonds is 4. The molecular formula is C13H20F3N3O2. The topological polar surface area (TPSA) is 74.2 Å². The number of halogens is 3. The monoisotopic (exact) mass is 307 g/mol. The summed E-state index contributed by atoms with van der Waals surface area (Å²) in [5.41, 5.74) is 2.62. The number of hydrogen-bond donors (Lipinski definition) is 1. The quantitative estimate of drug-likeness (QED) is 0.925. The fraction of sp³-hybridized carbons (Fsp3) is 0.846. The van der Waals surface area contributed by atoms with E-state index in [1.54, 1.807) is 0 Å². The van der Waals surface area contributed by atoms with Crippen LogP contribution in [0.3, 0.4) is 0 Å². The van der Waals surface area contributed by atoms with Crippen LogP contribution >= 0.6 is 0 Å². The summed E-state index contributed by atoms with van der Waals surface area (Å²) >= 11 is 0. The summed E-state index contributed by atoms with van der Waals surface area (Å²) in [4.78, 5) is 3.85. The van der Waals surface area contributed by atoms with Crippen molar-refractivity contribution in [2.75, 3.05) is 7.11 Å². The van der Waals surface area contributed by atoms with Crippen molar-refractivity contribution < 1.29 is 22.4 Å². The van der Waals surface area contributed by atoms with Crippen LogP contribution in [0.5, 0.6) is 0 Å². The Kier molecular flexibility index (Phi) is 4.57. The van der Waals surface area contributed by atoms with Crippen LogP contribution in [-0.2, 0) is 10.3 Å². The summed E-state index contributed by atoms with van der Waals surface area (Å²) < 4.78 is 48.8. The summed E-state index contributed by atoms with van der Waals surface area (Å²) in [7, 11) is 1.50. The lowest BCUT2D eigenvalue weighted by atomic mass is 9.85. The average molecular weight is 307 g/mol. The molecule has 0 saturated heterocycles. The fourth-order valence-electron chi connectivity index (χ4n) is 2.63. The maximum absolute atomic E-state index is 12.9. The lowest BCUT2D eigenvalue weighted by Gasteiger charge is -2.27. The van der Waals surface area contributed by atoms with Gasteiger partial charge in [0.1, 0.15) is 6.10 Å². The third-order valence-corrected chi connectivity index (χ3v) is 4.06. The second-order valence-electron chi connectivity index (χ2n) is 5.71. The molecule has 0 bridgehead atoms. The molecule has 0 spiro atoms. The van der Waals surface area contributed by atoms with E-state index in [9.17, 15) is 13.2 Å². The molecule has 1 saturated carbocycles. The van der Waals surface area contributed by atoms with E-state index in [1.165, 1.54) is 13.5 Å². The molecule has 2 N–H and O–H groups in total. The van der Waals surface area contributed by atoms with Crippen LogP contribution in [0.2, 0.25) is 0 Å². The van der Waals surface area contributed by atoms with Crippen LogP contribution in [0, 0.1) is 5.92 Å². The summed E-state index contributed by atoms with van der Waals surface area (Å²) in [6, 6.07) is 0. The Balaban J connectivity index is 2.21. The zero-order valence-electron chi connectivity index (χ0n) is 12.1. The van der Waals surface area contributed by atoms with E-state index in [0.29, 0.717) is 0 Å². The molecule has 1 aliphatic rings. The molecule has 1 heterocycles. The summed E-state index contributed by atoms with van der Waals surface area (Å²) in [6.07, 6.45) is 0.0951. The first-order valence-electron chi connectivity index (χ1n) is 7.00. The van der Waals surface area contributed by atoms with Gasteiger partial charge in [0.15, 0.2) is 5.54 Å². The molecule has 1 aromatic heterocycles. The second kappa shape index (κ2) is 5.92. The highest BCUT2D eigenvalue weighted by atomic mass is 19.4. The molecule has 0 amide bonds. The predicted molar refractivity (Wildman–Crippen MR) is 68.2 cm³/mol. The van der Waals surface area contributed by atoms with Crippen molar-refractivity contribution in [2.45, 2.75) is 56.8 Å². The third kappa shape index (κ3) is 3.21. The molecule has 120 valence electrons. The van der Waals surface area contributed by atoms with Crippen molar-refractivity contribution in [1.82, 2.24) is 10.1 Å². The molecule has 2 unspecified atom stereocenters. The van der Waals surface area contributed by atoms with Crippen molar-refractivity contribution in [3.8, 4) is 0 Å². The van der Waals surface area contributed by atoms with Crippen molar-refractivity contribution in [2.24, 2.45) is 11.7 Å². The lowest BCUT2D eigenvalue weighted by molar-refractivity contribution is -0.190. The number of aromatic nitrogens is 2. The molecule has 0 radical (unpaired) electrons. The minimum atomic E-state index is -4.66. The lowest BCUT2D eigenvalue weighted by Crippen LogP contribution is -2.48. The summed E-state index contributed by atoms with van der Waals surface area (Å²) in [5, 5.41) is 3.65. The third-order valence-electron chi connectivity index (χ3n) is 4.06. The van der Waals surface area contributed by atoms with Gasteiger partial charge in [0, 0.05) is 7.11 Å². The Morgan fingerprint density at radius 3 is 2.43 bits per heavy atom. The van der Waals surface area contributed by atoms with Gasteiger partial charge in [-0.05, 0) is 25.7 Å². The molecule has 1 fully saturated rings. The predicted octanol–water partition coefficient (Wildman–Crippen LogP) is 3.07. The van der Waals surface area contributed by atoms with Crippen LogP contribution in [-0.4, -0.2) is 23.4 Å². The maximum atomic E-state index is 12.9. The Bertz CT molecular complexity index is 467. The SMILES string of the molecule is COC(c1noc(C(C)(N)C(F)(F)F)n1)C1CCCCC1. The zero-order valence-corrected chi connectivity index (χ0v) is 12.1. The first-order chi connectivity index (χ1) is 9.77. The molecule has 0 aliphatic heterocycles. The number of nitrogens with zero attached hydrogens (tertiary/aromatic N) is 2. The Morgan fingerprint density at radius 1 is 1.29 bits per heavy atom. The molecule has 1 aliphatic carbocycles. The molecule has 21 heavy (non-hydrogen) atoms. The average Bonchev–Trinajstić information content (AvgIpc) is 2.90. The standard InChI is InChI=1S/C13H20F3N3O2/c1-12(17,13(14,15)16)11-18-10(19-21-11)9(20-2)8-6-4-3-5-7-8/h8-9H,3-7,17H2,1-2H3. The van der Waals surface area contributed by atoms with Gasteiger partial charge in [0.05, 0.1) is 0 Å². The smallest absolute Gasteiger partial charge is 0.373 e. The minimum Gasteiger partial charge on any atom is -0.373 e.